The van der Waals surface area contributed by atoms with E-state index in [0.717, 1.165) is 12.3 Å². The van der Waals surface area contributed by atoms with Gasteiger partial charge in [-0.1, -0.05) is 57.9 Å². The van der Waals surface area contributed by atoms with Crippen LogP contribution in [0.2, 0.25) is 0 Å². The van der Waals surface area contributed by atoms with Crippen LogP contribution < -0.4 is 0 Å². The Morgan fingerprint density at radius 2 is 1.63 bits per heavy atom. The molecule has 1 aliphatic carbocycles. The first-order chi connectivity index (χ1) is 9.06. The van der Waals surface area contributed by atoms with Gasteiger partial charge in [0.2, 0.25) is 0 Å². The molecule has 0 bridgehead atoms. The van der Waals surface area contributed by atoms with Crippen molar-refractivity contribution in [1.82, 2.24) is 0 Å². The van der Waals surface area contributed by atoms with Gasteiger partial charge in [-0.2, -0.15) is 0 Å². The molecule has 19 heavy (non-hydrogen) atoms. The van der Waals surface area contributed by atoms with Crippen LogP contribution in [-0.4, -0.2) is 11.2 Å². The molecule has 1 fully saturated rings. The van der Waals surface area contributed by atoms with E-state index in [1.165, 1.54) is 36.8 Å². The molecule has 1 aromatic carbocycles. The third kappa shape index (κ3) is 4.07. The fourth-order valence-corrected chi connectivity index (χ4v) is 3.12. The van der Waals surface area contributed by atoms with Crippen molar-refractivity contribution in [3.05, 3.63) is 35.4 Å². The normalized spacial score (nSPS) is 25.5. The monoisotopic (exact) mass is 260 g/mol. The highest BCUT2D eigenvalue weighted by atomic mass is 16.3. The predicted molar refractivity (Wildman–Crippen MR) is 81.4 cm³/mol. The Morgan fingerprint density at radius 3 is 2.16 bits per heavy atom. The third-order valence-corrected chi connectivity index (χ3v) is 4.70. The number of aliphatic hydroxyl groups is 1. The molecule has 0 aliphatic heterocycles. The van der Waals surface area contributed by atoms with Gasteiger partial charge in [0.05, 0.1) is 6.10 Å². The summed E-state index contributed by atoms with van der Waals surface area (Å²) >= 11 is 0. The van der Waals surface area contributed by atoms with Crippen molar-refractivity contribution in [3.63, 3.8) is 0 Å². The molecule has 1 nitrogen and oxygen atoms in total. The van der Waals surface area contributed by atoms with Gasteiger partial charge in [-0.15, -0.1) is 0 Å². The molecule has 106 valence electrons. The van der Waals surface area contributed by atoms with Gasteiger partial charge in [-0.3, -0.25) is 0 Å². The van der Waals surface area contributed by atoms with Crippen LogP contribution in [0, 0.1) is 11.8 Å². The molecule has 0 spiro atoms. The Bertz CT molecular complexity index is 371. The third-order valence-electron chi connectivity index (χ3n) is 4.70. The summed E-state index contributed by atoms with van der Waals surface area (Å²) in [4.78, 5) is 0. The molecule has 1 unspecified atom stereocenters. The predicted octanol–water partition coefficient (Wildman–Crippen LogP) is 4.54. The summed E-state index contributed by atoms with van der Waals surface area (Å²) in [5, 5.41) is 10.4. The summed E-state index contributed by atoms with van der Waals surface area (Å²) in [6.07, 6.45) is 5.63. The maximum absolute atomic E-state index is 10.4. The molecule has 0 amide bonds. The second kappa shape index (κ2) is 6.56. The van der Waals surface area contributed by atoms with E-state index in [-0.39, 0.29) is 6.10 Å². The summed E-state index contributed by atoms with van der Waals surface area (Å²) in [6.45, 7) is 6.76. The van der Waals surface area contributed by atoms with Crippen LogP contribution in [0.1, 0.15) is 63.5 Å². The van der Waals surface area contributed by atoms with Crippen LogP contribution in [0.25, 0.3) is 0 Å². The molecule has 1 atom stereocenters. The summed E-state index contributed by atoms with van der Waals surface area (Å²) in [7, 11) is 0. The topological polar surface area (TPSA) is 20.2 Å². The highest BCUT2D eigenvalue weighted by Crippen LogP contribution is 2.31. The van der Waals surface area contributed by atoms with Crippen molar-refractivity contribution in [2.45, 2.75) is 64.9 Å². The number of hydrogen-bond acceptors (Lipinski definition) is 1. The van der Waals surface area contributed by atoms with Gasteiger partial charge in [0.25, 0.3) is 0 Å². The van der Waals surface area contributed by atoms with E-state index < -0.39 is 0 Å². The fourth-order valence-electron chi connectivity index (χ4n) is 3.12. The summed E-state index contributed by atoms with van der Waals surface area (Å²) < 4.78 is 0. The van der Waals surface area contributed by atoms with Gasteiger partial charge in [0.1, 0.15) is 0 Å². The minimum Gasteiger partial charge on any atom is -0.392 e. The Hall–Kier alpha value is -0.820. The van der Waals surface area contributed by atoms with E-state index in [9.17, 15) is 5.11 Å². The minimum absolute atomic E-state index is 0.155. The van der Waals surface area contributed by atoms with E-state index in [1.54, 1.807) is 0 Å². The molecular weight excluding hydrogens is 232 g/mol. The lowest BCUT2D eigenvalue weighted by molar-refractivity contribution is 0.0761. The van der Waals surface area contributed by atoms with E-state index >= 15 is 0 Å². The maximum Gasteiger partial charge on any atom is 0.0608 e. The zero-order valence-electron chi connectivity index (χ0n) is 12.6. The summed E-state index contributed by atoms with van der Waals surface area (Å²) in [5.74, 6) is 1.95. The first-order valence-corrected chi connectivity index (χ1v) is 7.83. The largest absolute Gasteiger partial charge is 0.392 e. The zero-order valence-corrected chi connectivity index (χ0v) is 12.6. The van der Waals surface area contributed by atoms with E-state index in [0.29, 0.717) is 11.8 Å². The molecule has 1 aromatic rings. The average molecular weight is 260 g/mol. The van der Waals surface area contributed by atoms with Crippen molar-refractivity contribution in [2.24, 2.45) is 11.8 Å². The van der Waals surface area contributed by atoms with Crippen molar-refractivity contribution in [2.75, 3.05) is 0 Å². The lowest BCUT2D eigenvalue weighted by atomic mass is 9.79. The van der Waals surface area contributed by atoms with Crippen LogP contribution in [0.4, 0.5) is 0 Å². The van der Waals surface area contributed by atoms with E-state index in [2.05, 4.69) is 45.0 Å². The summed E-state index contributed by atoms with van der Waals surface area (Å²) in [6, 6.07) is 8.78. The smallest absolute Gasteiger partial charge is 0.0608 e. The van der Waals surface area contributed by atoms with Crippen LogP contribution >= 0.6 is 0 Å². The van der Waals surface area contributed by atoms with Crippen molar-refractivity contribution < 1.29 is 5.11 Å². The molecule has 0 radical (unpaired) electrons. The maximum atomic E-state index is 10.4. The van der Waals surface area contributed by atoms with Gasteiger partial charge >= 0.3 is 0 Å². The van der Waals surface area contributed by atoms with E-state index in [4.69, 9.17) is 0 Å². The number of rotatable bonds is 4. The number of hydrogen-bond donors (Lipinski definition) is 1. The Labute approximate surface area is 118 Å². The quantitative estimate of drug-likeness (QED) is 0.842. The SMILES string of the molecule is CC1CCC(C(O)Cc2ccc(C(C)C)cc2)CC1. The van der Waals surface area contributed by atoms with Gasteiger partial charge in [0, 0.05) is 0 Å². The number of aliphatic hydroxyl groups excluding tert-OH is 1. The Morgan fingerprint density at radius 1 is 1.05 bits per heavy atom. The minimum atomic E-state index is -0.155. The molecule has 1 saturated carbocycles. The van der Waals surface area contributed by atoms with Gasteiger partial charge in [0.15, 0.2) is 0 Å². The molecule has 1 aliphatic rings. The van der Waals surface area contributed by atoms with Gasteiger partial charge in [-0.05, 0) is 48.1 Å². The molecule has 0 heterocycles. The van der Waals surface area contributed by atoms with Gasteiger partial charge in [-0.25, -0.2) is 0 Å². The number of benzene rings is 1. The molecule has 0 saturated heterocycles. The first-order valence-electron chi connectivity index (χ1n) is 7.83. The van der Waals surface area contributed by atoms with Gasteiger partial charge < -0.3 is 5.11 Å². The first kappa shape index (κ1) is 14.6. The molecule has 1 N–H and O–H groups in total. The second-order valence-corrected chi connectivity index (χ2v) is 6.69. The molecule has 2 rings (SSSR count). The Kier molecular flexibility index (Phi) is 5.04. The molecule has 1 heteroatoms. The highest BCUT2D eigenvalue weighted by Gasteiger charge is 2.24. The molecule has 0 aromatic heterocycles. The second-order valence-electron chi connectivity index (χ2n) is 6.69. The lowest BCUT2D eigenvalue weighted by Gasteiger charge is -2.30. The summed E-state index contributed by atoms with van der Waals surface area (Å²) in [5.41, 5.74) is 2.65. The van der Waals surface area contributed by atoms with Crippen LogP contribution in [0.5, 0.6) is 0 Å². The van der Waals surface area contributed by atoms with Crippen molar-refractivity contribution >= 4 is 0 Å². The van der Waals surface area contributed by atoms with Crippen LogP contribution in [-0.2, 0) is 6.42 Å². The highest BCUT2D eigenvalue weighted by molar-refractivity contribution is 5.25. The van der Waals surface area contributed by atoms with Crippen LogP contribution in [0.15, 0.2) is 24.3 Å². The zero-order chi connectivity index (χ0) is 13.8. The van der Waals surface area contributed by atoms with Crippen molar-refractivity contribution in [1.29, 1.82) is 0 Å². The van der Waals surface area contributed by atoms with Crippen LogP contribution in [0.3, 0.4) is 0 Å². The Balaban J connectivity index is 1.89. The van der Waals surface area contributed by atoms with Crippen molar-refractivity contribution in [3.8, 4) is 0 Å². The van der Waals surface area contributed by atoms with E-state index in [1.807, 2.05) is 0 Å². The average Bonchev–Trinajstić information content (AvgIpc) is 2.40. The standard InChI is InChI=1S/C18H28O/c1-13(2)16-10-6-15(7-11-16)12-18(19)17-8-4-14(3)5-9-17/h6-7,10-11,13-14,17-19H,4-5,8-9,12H2,1-3H3. The molecular formula is C18H28O. The lowest BCUT2D eigenvalue weighted by Crippen LogP contribution is -2.26. The fraction of sp³-hybridized carbons (Fsp3) is 0.667.